The lowest BCUT2D eigenvalue weighted by Crippen LogP contribution is -2.30. The Bertz CT molecular complexity index is 838. The topological polar surface area (TPSA) is 58.3 Å². The van der Waals surface area contributed by atoms with Crippen molar-refractivity contribution in [2.45, 2.75) is 31.6 Å². The number of rotatable bonds is 3. The van der Waals surface area contributed by atoms with Gasteiger partial charge in [0.05, 0.1) is 10.2 Å². The summed E-state index contributed by atoms with van der Waals surface area (Å²) in [6.45, 7) is 3.79. The lowest BCUT2D eigenvalue weighted by atomic mass is 9.85. The zero-order valence-electron chi connectivity index (χ0n) is 14.1. The van der Waals surface area contributed by atoms with Gasteiger partial charge in [0.25, 0.3) is 0 Å². The van der Waals surface area contributed by atoms with Gasteiger partial charge in [-0.1, -0.05) is 35.0 Å². The molecule has 1 saturated heterocycles. The summed E-state index contributed by atoms with van der Waals surface area (Å²) in [5, 5.41) is 9.68. The predicted molar refractivity (Wildman–Crippen MR) is 99.6 cm³/mol. The maximum absolute atomic E-state index is 5.94. The molecule has 1 saturated carbocycles. The van der Waals surface area contributed by atoms with Crippen LogP contribution in [0.5, 0.6) is 0 Å². The first-order valence-corrected chi connectivity index (χ1v) is 9.87. The average molecular weight is 355 g/mol. The fraction of sp³-hybridized carbons (Fsp3) is 0.500. The molecule has 0 unspecified atom stereocenters. The van der Waals surface area contributed by atoms with E-state index < -0.39 is 0 Å². The largest absolute Gasteiger partial charge is 0.408 e. The minimum atomic E-state index is 0.493. The number of aromatic nitrogens is 3. The van der Waals surface area contributed by atoms with Crippen LogP contribution in [0, 0.1) is 0 Å². The summed E-state index contributed by atoms with van der Waals surface area (Å²) in [5.41, 5.74) is 1.09. The summed E-state index contributed by atoms with van der Waals surface area (Å²) < 4.78 is 7.19. The first-order valence-electron chi connectivity index (χ1n) is 9.06. The Hall–Kier alpha value is -2.15. The first kappa shape index (κ1) is 15.1. The summed E-state index contributed by atoms with van der Waals surface area (Å²) in [6, 6.07) is 9.03. The molecule has 6 nitrogen and oxygen atoms in total. The highest BCUT2D eigenvalue weighted by molar-refractivity contribution is 7.22. The Labute approximate surface area is 150 Å². The molecule has 0 amide bonds. The predicted octanol–water partition coefficient (Wildman–Crippen LogP) is 3.66. The van der Waals surface area contributed by atoms with E-state index in [1.165, 1.54) is 24.0 Å². The second-order valence-electron chi connectivity index (χ2n) is 6.84. The van der Waals surface area contributed by atoms with Gasteiger partial charge in [0, 0.05) is 32.1 Å². The molecule has 0 bridgehead atoms. The molecular weight excluding hydrogens is 334 g/mol. The van der Waals surface area contributed by atoms with Gasteiger partial charge >= 0.3 is 6.01 Å². The third-order valence-electron chi connectivity index (χ3n) is 5.20. The quantitative estimate of drug-likeness (QED) is 0.714. The Morgan fingerprint density at radius 1 is 0.960 bits per heavy atom. The smallest absolute Gasteiger partial charge is 0.318 e. The van der Waals surface area contributed by atoms with Crippen molar-refractivity contribution in [1.29, 1.82) is 0 Å². The molecule has 3 aromatic rings. The van der Waals surface area contributed by atoms with Gasteiger partial charge in [-0.25, -0.2) is 4.98 Å². The number of fused-ring (bicyclic) bond motifs is 1. The highest BCUT2D eigenvalue weighted by Crippen LogP contribution is 2.36. The monoisotopic (exact) mass is 355 g/mol. The van der Waals surface area contributed by atoms with Gasteiger partial charge in [0.1, 0.15) is 0 Å². The van der Waals surface area contributed by atoms with Gasteiger partial charge in [0.2, 0.25) is 5.89 Å². The van der Waals surface area contributed by atoms with E-state index in [0.29, 0.717) is 11.9 Å². The van der Waals surface area contributed by atoms with Crippen LogP contribution in [0.1, 0.15) is 37.5 Å². The van der Waals surface area contributed by atoms with Crippen LogP contribution in [0.15, 0.2) is 28.7 Å². The summed E-state index contributed by atoms with van der Waals surface area (Å²) in [6.07, 6.45) is 4.72. The van der Waals surface area contributed by atoms with Gasteiger partial charge in [-0.3, -0.25) is 0 Å². The van der Waals surface area contributed by atoms with Crippen molar-refractivity contribution in [3.05, 3.63) is 30.2 Å². The second-order valence-corrected chi connectivity index (χ2v) is 7.85. The van der Waals surface area contributed by atoms with Crippen LogP contribution >= 0.6 is 11.3 Å². The van der Waals surface area contributed by atoms with E-state index in [0.717, 1.165) is 49.1 Å². The van der Waals surface area contributed by atoms with Crippen molar-refractivity contribution < 1.29 is 4.42 Å². The standard InChI is InChI=1S/C18H21N5OS/c1-2-8-15-14(7-1)19-18(25-15)23-10-4-9-22(11-12-23)17-21-20-16(24-17)13-5-3-6-13/h1-2,7-8,13H,3-6,9-12H2. The van der Waals surface area contributed by atoms with Crippen molar-refractivity contribution in [2.24, 2.45) is 0 Å². The molecule has 1 aliphatic heterocycles. The number of thiazole rings is 1. The van der Waals surface area contributed by atoms with E-state index in [-0.39, 0.29) is 0 Å². The van der Waals surface area contributed by atoms with Crippen LogP contribution in [0.2, 0.25) is 0 Å². The van der Waals surface area contributed by atoms with E-state index in [1.54, 1.807) is 11.3 Å². The van der Waals surface area contributed by atoms with E-state index in [9.17, 15) is 0 Å². The number of hydrogen-bond donors (Lipinski definition) is 0. The molecule has 1 aromatic carbocycles. The number of benzene rings is 1. The molecule has 2 fully saturated rings. The molecule has 1 aliphatic carbocycles. The molecule has 7 heteroatoms. The fourth-order valence-corrected chi connectivity index (χ4v) is 4.49. The molecule has 0 atom stereocenters. The van der Waals surface area contributed by atoms with Gasteiger partial charge < -0.3 is 14.2 Å². The lowest BCUT2D eigenvalue weighted by Gasteiger charge is -2.21. The molecule has 0 spiro atoms. The number of anilines is 2. The van der Waals surface area contributed by atoms with E-state index in [1.807, 2.05) is 6.07 Å². The van der Waals surface area contributed by atoms with E-state index in [2.05, 4.69) is 38.2 Å². The molecule has 5 rings (SSSR count). The Morgan fingerprint density at radius 2 is 1.80 bits per heavy atom. The maximum Gasteiger partial charge on any atom is 0.318 e. The summed E-state index contributed by atoms with van der Waals surface area (Å²) in [5.74, 6) is 1.32. The summed E-state index contributed by atoms with van der Waals surface area (Å²) in [7, 11) is 0. The Balaban J connectivity index is 1.30. The Morgan fingerprint density at radius 3 is 2.64 bits per heavy atom. The Kier molecular flexibility index (Phi) is 3.81. The van der Waals surface area contributed by atoms with E-state index in [4.69, 9.17) is 9.40 Å². The number of hydrogen-bond acceptors (Lipinski definition) is 7. The van der Waals surface area contributed by atoms with Crippen molar-refractivity contribution in [1.82, 2.24) is 15.2 Å². The fourth-order valence-electron chi connectivity index (χ4n) is 3.47. The molecule has 2 aromatic heterocycles. The molecule has 25 heavy (non-hydrogen) atoms. The third kappa shape index (κ3) is 2.86. The summed E-state index contributed by atoms with van der Waals surface area (Å²) in [4.78, 5) is 9.40. The molecule has 0 N–H and O–H groups in total. The van der Waals surface area contributed by atoms with Gasteiger partial charge in [0.15, 0.2) is 5.13 Å². The molecule has 0 radical (unpaired) electrons. The molecule has 2 aliphatic rings. The van der Waals surface area contributed by atoms with Crippen LogP contribution in [-0.2, 0) is 0 Å². The molecular formula is C18H21N5OS. The van der Waals surface area contributed by atoms with Gasteiger partial charge in [-0.15, -0.1) is 5.10 Å². The maximum atomic E-state index is 5.94. The van der Waals surface area contributed by atoms with Crippen LogP contribution < -0.4 is 9.80 Å². The van der Waals surface area contributed by atoms with Crippen molar-refractivity contribution in [3.8, 4) is 0 Å². The zero-order valence-corrected chi connectivity index (χ0v) is 14.9. The minimum Gasteiger partial charge on any atom is -0.408 e. The van der Waals surface area contributed by atoms with E-state index >= 15 is 0 Å². The SMILES string of the molecule is c1ccc2sc(N3CCCN(c4nnc(C5CCC5)o4)CC3)nc2c1. The highest BCUT2D eigenvalue weighted by Gasteiger charge is 2.27. The van der Waals surface area contributed by atoms with Crippen LogP contribution in [0.3, 0.4) is 0 Å². The zero-order chi connectivity index (χ0) is 16.6. The molecule has 130 valence electrons. The van der Waals surface area contributed by atoms with Crippen molar-refractivity contribution in [2.75, 3.05) is 36.0 Å². The summed E-state index contributed by atoms with van der Waals surface area (Å²) >= 11 is 1.77. The number of para-hydroxylation sites is 1. The van der Waals surface area contributed by atoms with Crippen LogP contribution in [-0.4, -0.2) is 41.4 Å². The normalized spacial score (nSPS) is 19.2. The van der Waals surface area contributed by atoms with Crippen LogP contribution in [0.4, 0.5) is 11.1 Å². The first-order chi connectivity index (χ1) is 12.4. The van der Waals surface area contributed by atoms with Gasteiger partial charge in [-0.2, -0.15) is 0 Å². The minimum absolute atomic E-state index is 0.493. The number of nitrogens with zero attached hydrogens (tertiary/aromatic N) is 5. The third-order valence-corrected chi connectivity index (χ3v) is 6.30. The lowest BCUT2D eigenvalue weighted by molar-refractivity contribution is 0.335. The van der Waals surface area contributed by atoms with Gasteiger partial charge in [-0.05, 0) is 31.4 Å². The highest BCUT2D eigenvalue weighted by atomic mass is 32.1. The molecule has 3 heterocycles. The van der Waals surface area contributed by atoms with Crippen LogP contribution in [0.25, 0.3) is 10.2 Å². The van der Waals surface area contributed by atoms with Crippen molar-refractivity contribution in [3.63, 3.8) is 0 Å². The second kappa shape index (κ2) is 6.29. The average Bonchev–Trinajstić information content (AvgIpc) is 3.14. The van der Waals surface area contributed by atoms with Crippen molar-refractivity contribution >= 4 is 32.7 Å².